The molecule has 0 radical (unpaired) electrons. The quantitative estimate of drug-likeness (QED) is 0.821. The van der Waals surface area contributed by atoms with Crippen molar-refractivity contribution in [1.29, 1.82) is 0 Å². The molecule has 0 spiro atoms. The lowest BCUT2D eigenvalue weighted by Crippen LogP contribution is -2.34. The van der Waals surface area contributed by atoms with Crippen molar-refractivity contribution >= 4 is 23.0 Å². The first-order valence-corrected chi connectivity index (χ1v) is 8.37. The lowest BCUT2D eigenvalue weighted by atomic mass is 9.87. The van der Waals surface area contributed by atoms with E-state index in [0.29, 0.717) is 5.11 Å². The Bertz CT molecular complexity index is 714. The fourth-order valence-electron chi connectivity index (χ4n) is 3.12. The Hall–Kier alpha value is -2.07. The molecule has 4 heteroatoms. The molecule has 2 aromatic rings. The van der Waals surface area contributed by atoms with Crippen molar-refractivity contribution in [2.75, 3.05) is 12.4 Å². The minimum Gasteiger partial charge on any atom is -0.497 e. The second-order valence-electron chi connectivity index (χ2n) is 5.98. The number of fused-ring (bicyclic) bond motifs is 1. The van der Waals surface area contributed by atoms with Crippen LogP contribution in [0.15, 0.2) is 42.5 Å². The monoisotopic (exact) mass is 326 g/mol. The lowest BCUT2D eigenvalue weighted by molar-refractivity contribution is 0.412. The summed E-state index contributed by atoms with van der Waals surface area (Å²) in [4.78, 5) is 0. The van der Waals surface area contributed by atoms with Gasteiger partial charge in [-0.1, -0.05) is 18.2 Å². The molecule has 2 aromatic carbocycles. The highest BCUT2D eigenvalue weighted by atomic mass is 32.1. The first-order chi connectivity index (χ1) is 11.2. The number of anilines is 1. The summed E-state index contributed by atoms with van der Waals surface area (Å²) >= 11 is 5.49. The summed E-state index contributed by atoms with van der Waals surface area (Å²) in [5, 5.41) is 7.41. The number of ether oxygens (including phenoxy) is 1. The molecular formula is C19H22N2OS. The average molecular weight is 326 g/mol. The van der Waals surface area contributed by atoms with Crippen molar-refractivity contribution in [2.24, 2.45) is 0 Å². The number of hydrogen-bond acceptors (Lipinski definition) is 2. The van der Waals surface area contributed by atoms with Crippen LogP contribution in [0.3, 0.4) is 0 Å². The van der Waals surface area contributed by atoms with Crippen LogP contribution in [0, 0.1) is 6.92 Å². The van der Waals surface area contributed by atoms with Crippen LogP contribution >= 0.6 is 12.2 Å². The fraction of sp³-hybridized carbons (Fsp3) is 0.316. The Morgan fingerprint density at radius 1 is 1.22 bits per heavy atom. The van der Waals surface area contributed by atoms with Crippen LogP contribution in [0.5, 0.6) is 5.75 Å². The molecule has 120 valence electrons. The van der Waals surface area contributed by atoms with Gasteiger partial charge in [0.15, 0.2) is 5.11 Å². The predicted molar refractivity (Wildman–Crippen MR) is 99.2 cm³/mol. The summed E-state index contributed by atoms with van der Waals surface area (Å²) in [6.45, 7) is 2.08. The van der Waals surface area contributed by atoms with Crippen molar-refractivity contribution in [3.05, 3.63) is 59.2 Å². The van der Waals surface area contributed by atoms with Gasteiger partial charge >= 0.3 is 0 Å². The van der Waals surface area contributed by atoms with E-state index in [1.54, 1.807) is 7.11 Å². The number of hydrogen-bond donors (Lipinski definition) is 2. The van der Waals surface area contributed by atoms with E-state index in [1.807, 2.05) is 18.2 Å². The Kier molecular flexibility index (Phi) is 4.82. The smallest absolute Gasteiger partial charge is 0.171 e. The number of benzene rings is 2. The summed E-state index contributed by atoms with van der Waals surface area (Å²) in [5.74, 6) is 0.921. The molecule has 0 saturated heterocycles. The van der Waals surface area contributed by atoms with Crippen LogP contribution in [0.4, 0.5) is 5.69 Å². The van der Waals surface area contributed by atoms with Crippen molar-refractivity contribution < 1.29 is 4.74 Å². The van der Waals surface area contributed by atoms with Crippen LogP contribution < -0.4 is 15.4 Å². The van der Waals surface area contributed by atoms with Crippen LogP contribution in [0.1, 0.15) is 35.6 Å². The van der Waals surface area contributed by atoms with Gasteiger partial charge in [0.1, 0.15) is 5.75 Å². The highest BCUT2D eigenvalue weighted by Gasteiger charge is 2.21. The molecule has 2 N–H and O–H groups in total. The molecule has 1 atom stereocenters. The number of rotatable bonds is 3. The molecule has 0 aliphatic heterocycles. The second-order valence-corrected chi connectivity index (χ2v) is 6.39. The summed E-state index contributed by atoms with van der Waals surface area (Å²) in [6, 6.07) is 14.8. The fourth-order valence-corrected chi connectivity index (χ4v) is 3.38. The predicted octanol–water partition coefficient (Wildman–Crippen LogP) is 4.37. The maximum atomic E-state index is 5.49. The zero-order valence-electron chi connectivity index (χ0n) is 13.6. The normalized spacial score (nSPS) is 16.3. The van der Waals surface area contributed by atoms with E-state index in [4.69, 9.17) is 17.0 Å². The van der Waals surface area contributed by atoms with Gasteiger partial charge in [-0.25, -0.2) is 0 Å². The van der Waals surface area contributed by atoms with E-state index >= 15 is 0 Å². The van der Waals surface area contributed by atoms with E-state index in [2.05, 4.69) is 41.8 Å². The molecule has 0 aromatic heterocycles. The third-order valence-corrected chi connectivity index (χ3v) is 4.47. The van der Waals surface area contributed by atoms with Crippen molar-refractivity contribution in [3.63, 3.8) is 0 Å². The highest BCUT2D eigenvalue weighted by Crippen LogP contribution is 2.32. The number of methoxy groups -OCH3 is 1. The summed E-state index contributed by atoms with van der Waals surface area (Å²) < 4.78 is 5.33. The van der Waals surface area contributed by atoms with Crippen LogP contribution in [-0.4, -0.2) is 12.2 Å². The summed E-state index contributed by atoms with van der Waals surface area (Å²) in [5.41, 5.74) is 4.91. The molecule has 0 fully saturated rings. The first-order valence-electron chi connectivity index (χ1n) is 7.97. The first kappa shape index (κ1) is 15.8. The minimum absolute atomic E-state index is 0.259. The van der Waals surface area contributed by atoms with E-state index in [1.165, 1.54) is 16.7 Å². The largest absolute Gasteiger partial charge is 0.497 e. The summed E-state index contributed by atoms with van der Waals surface area (Å²) in [7, 11) is 1.71. The van der Waals surface area contributed by atoms with Crippen molar-refractivity contribution in [2.45, 2.75) is 32.2 Å². The number of thiocarbonyl (C=S) groups is 1. The molecule has 0 saturated carbocycles. The molecule has 1 aliphatic carbocycles. The van der Waals surface area contributed by atoms with Gasteiger partial charge in [-0.2, -0.15) is 0 Å². The average Bonchev–Trinajstić information content (AvgIpc) is 2.54. The minimum atomic E-state index is 0.259. The molecule has 23 heavy (non-hydrogen) atoms. The van der Waals surface area contributed by atoms with Gasteiger partial charge in [0.05, 0.1) is 13.2 Å². The van der Waals surface area contributed by atoms with Gasteiger partial charge in [-0.15, -0.1) is 0 Å². The molecular weight excluding hydrogens is 304 g/mol. The third kappa shape index (κ3) is 3.82. The Labute approximate surface area is 143 Å². The standard InChI is InChI=1S/C19H22N2OS/c1-13-5-3-7-15(11-13)20-19(23)21-18-8-4-6-14-12-16(22-2)9-10-17(14)18/h3,5,7,9-12,18H,4,6,8H2,1-2H3,(H2,20,21,23)/t18-/m1/s1. The van der Waals surface area contributed by atoms with Crippen LogP contribution in [-0.2, 0) is 6.42 Å². The zero-order valence-corrected chi connectivity index (χ0v) is 14.4. The van der Waals surface area contributed by atoms with Crippen LogP contribution in [0.2, 0.25) is 0 Å². The van der Waals surface area contributed by atoms with Crippen LogP contribution in [0.25, 0.3) is 0 Å². The lowest BCUT2D eigenvalue weighted by Gasteiger charge is -2.28. The van der Waals surface area contributed by atoms with Crippen molar-refractivity contribution in [3.8, 4) is 5.75 Å². The zero-order chi connectivity index (χ0) is 16.2. The van der Waals surface area contributed by atoms with E-state index in [0.717, 1.165) is 30.7 Å². The number of nitrogens with one attached hydrogen (secondary N) is 2. The molecule has 0 unspecified atom stereocenters. The second kappa shape index (κ2) is 7.01. The topological polar surface area (TPSA) is 33.3 Å². The van der Waals surface area contributed by atoms with Gasteiger partial charge in [-0.05, 0) is 79.4 Å². The van der Waals surface area contributed by atoms with Gasteiger partial charge in [0, 0.05) is 5.69 Å². The number of aryl methyl sites for hydroxylation is 2. The Morgan fingerprint density at radius 3 is 2.87 bits per heavy atom. The third-order valence-electron chi connectivity index (χ3n) is 4.25. The molecule has 3 nitrogen and oxygen atoms in total. The van der Waals surface area contributed by atoms with E-state index < -0.39 is 0 Å². The van der Waals surface area contributed by atoms with E-state index in [-0.39, 0.29) is 6.04 Å². The Balaban J connectivity index is 1.70. The SMILES string of the molecule is COc1ccc2c(c1)CCC[C@H]2NC(=S)Nc1cccc(C)c1. The Morgan fingerprint density at radius 2 is 2.09 bits per heavy atom. The van der Waals surface area contributed by atoms with Gasteiger partial charge < -0.3 is 15.4 Å². The highest BCUT2D eigenvalue weighted by molar-refractivity contribution is 7.80. The summed E-state index contributed by atoms with van der Waals surface area (Å²) in [6.07, 6.45) is 3.35. The molecule has 1 aliphatic rings. The van der Waals surface area contributed by atoms with Gasteiger partial charge in [0.25, 0.3) is 0 Å². The molecule has 0 heterocycles. The van der Waals surface area contributed by atoms with Gasteiger partial charge in [-0.3, -0.25) is 0 Å². The van der Waals surface area contributed by atoms with Gasteiger partial charge in [0.2, 0.25) is 0 Å². The molecule has 0 amide bonds. The van der Waals surface area contributed by atoms with Crippen molar-refractivity contribution in [1.82, 2.24) is 5.32 Å². The maximum Gasteiger partial charge on any atom is 0.171 e. The van der Waals surface area contributed by atoms with E-state index in [9.17, 15) is 0 Å². The maximum absolute atomic E-state index is 5.49. The molecule has 0 bridgehead atoms. The molecule has 3 rings (SSSR count).